The van der Waals surface area contributed by atoms with Crippen molar-refractivity contribution < 1.29 is 4.74 Å². The molecule has 10 heavy (non-hydrogen) atoms. The summed E-state index contributed by atoms with van der Waals surface area (Å²) >= 11 is 0. The van der Waals surface area contributed by atoms with E-state index in [0.29, 0.717) is 0 Å². The lowest BCUT2D eigenvalue weighted by Gasteiger charge is -2.36. The summed E-state index contributed by atoms with van der Waals surface area (Å²) in [6.45, 7) is 5.39. The first-order valence-electron chi connectivity index (χ1n) is 4.08. The summed E-state index contributed by atoms with van der Waals surface area (Å²) in [7, 11) is -0.811. The van der Waals surface area contributed by atoms with Gasteiger partial charge in [0.2, 0.25) is 0 Å². The molecule has 1 fully saturated rings. The molecule has 0 aliphatic carbocycles. The zero-order valence-corrected chi connectivity index (χ0v) is 8.05. The first-order chi connectivity index (χ1) is 4.65. The molecule has 0 aromatic carbocycles. The number of ether oxygens (including phenoxy) is 1. The molecule has 2 N–H and O–H groups in total. The topological polar surface area (TPSA) is 35.2 Å². The highest BCUT2D eigenvalue weighted by atomic mass is 28.3. The molecule has 1 saturated heterocycles. The van der Waals surface area contributed by atoms with E-state index in [-0.39, 0.29) is 5.35 Å². The number of hydrogen-bond acceptors (Lipinski definition) is 2. The second kappa shape index (κ2) is 3.03. The van der Waals surface area contributed by atoms with Crippen molar-refractivity contribution in [2.24, 2.45) is 5.73 Å². The van der Waals surface area contributed by atoms with Crippen LogP contribution in [0.5, 0.6) is 0 Å². The van der Waals surface area contributed by atoms with Gasteiger partial charge in [-0.2, -0.15) is 0 Å². The fraction of sp³-hybridized carbons (Fsp3) is 1.00. The zero-order valence-electron chi connectivity index (χ0n) is 6.89. The van der Waals surface area contributed by atoms with Crippen LogP contribution in [0.2, 0.25) is 13.1 Å². The van der Waals surface area contributed by atoms with Crippen molar-refractivity contribution in [3.05, 3.63) is 0 Å². The van der Waals surface area contributed by atoms with Crippen molar-refractivity contribution in [3.8, 4) is 0 Å². The van der Waals surface area contributed by atoms with E-state index in [2.05, 4.69) is 13.1 Å². The Morgan fingerprint density at radius 1 is 1.40 bits per heavy atom. The van der Waals surface area contributed by atoms with Crippen LogP contribution in [0.15, 0.2) is 0 Å². The molecule has 0 saturated carbocycles. The van der Waals surface area contributed by atoms with E-state index in [0.717, 1.165) is 13.0 Å². The van der Waals surface area contributed by atoms with Crippen molar-refractivity contribution >= 4 is 8.80 Å². The third kappa shape index (κ3) is 1.59. The lowest BCUT2D eigenvalue weighted by Crippen LogP contribution is -2.55. The lowest BCUT2D eigenvalue weighted by atomic mass is 10.2. The summed E-state index contributed by atoms with van der Waals surface area (Å²) in [5, 5.41) is -0.182. The van der Waals surface area contributed by atoms with Gasteiger partial charge in [0.25, 0.3) is 0 Å². The third-order valence-electron chi connectivity index (χ3n) is 2.31. The Hall–Kier alpha value is 0.137. The Morgan fingerprint density at radius 3 is 2.40 bits per heavy atom. The Labute approximate surface area is 64.4 Å². The highest BCUT2D eigenvalue weighted by molar-refractivity contribution is 6.58. The molecular formula is C7H17NOSi. The van der Waals surface area contributed by atoms with Crippen LogP contribution in [0.1, 0.15) is 19.3 Å². The molecule has 1 unspecified atom stereocenters. The molecule has 60 valence electrons. The number of rotatable bonds is 1. The predicted octanol–water partition coefficient (Wildman–Crippen LogP) is 0.868. The van der Waals surface area contributed by atoms with Gasteiger partial charge in [0.1, 0.15) is 0 Å². The molecule has 3 heteroatoms. The quantitative estimate of drug-likeness (QED) is 0.576. The first-order valence-corrected chi connectivity index (χ1v) is 6.97. The molecule has 0 amide bonds. The highest BCUT2D eigenvalue weighted by Crippen LogP contribution is 2.21. The Kier molecular flexibility index (Phi) is 2.49. The van der Waals surface area contributed by atoms with E-state index in [1.807, 2.05) is 0 Å². The summed E-state index contributed by atoms with van der Waals surface area (Å²) in [5.41, 5.74) is 6.04. The van der Waals surface area contributed by atoms with Gasteiger partial charge in [-0.05, 0) is 19.3 Å². The van der Waals surface area contributed by atoms with E-state index < -0.39 is 8.80 Å². The minimum absolute atomic E-state index is 0.182. The smallest absolute Gasteiger partial charge is 0.0987 e. The van der Waals surface area contributed by atoms with Crippen molar-refractivity contribution in [1.82, 2.24) is 0 Å². The summed E-state index contributed by atoms with van der Waals surface area (Å²) < 4.78 is 5.57. The minimum Gasteiger partial charge on any atom is -0.365 e. The molecule has 1 rings (SSSR count). The minimum atomic E-state index is -0.811. The molecule has 0 spiro atoms. The molecule has 0 aromatic rings. The van der Waals surface area contributed by atoms with Gasteiger partial charge in [-0.1, -0.05) is 13.1 Å². The normalized spacial score (nSPS) is 34.8. The van der Waals surface area contributed by atoms with Gasteiger partial charge < -0.3 is 10.5 Å². The van der Waals surface area contributed by atoms with Gasteiger partial charge in [0.05, 0.1) is 14.1 Å². The maximum absolute atomic E-state index is 6.04. The molecule has 1 aliphatic heterocycles. The maximum Gasteiger partial charge on any atom is 0.0987 e. The van der Waals surface area contributed by atoms with Crippen LogP contribution in [0.4, 0.5) is 0 Å². The van der Waals surface area contributed by atoms with E-state index in [4.69, 9.17) is 10.5 Å². The Morgan fingerprint density at radius 2 is 2.10 bits per heavy atom. The van der Waals surface area contributed by atoms with Crippen LogP contribution in [0.25, 0.3) is 0 Å². The van der Waals surface area contributed by atoms with Gasteiger partial charge in [0.15, 0.2) is 0 Å². The van der Waals surface area contributed by atoms with Crippen molar-refractivity contribution in [2.75, 3.05) is 6.61 Å². The van der Waals surface area contributed by atoms with E-state index >= 15 is 0 Å². The van der Waals surface area contributed by atoms with E-state index in [1.54, 1.807) is 0 Å². The van der Waals surface area contributed by atoms with Crippen molar-refractivity contribution in [2.45, 2.75) is 37.7 Å². The summed E-state index contributed by atoms with van der Waals surface area (Å²) in [6, 6.07) is 0. The monoisotopic (exact) mass is 159 g/mol. The molecule has 2 nitrogen and oxygen atoms in total. The van der Waals surface area contributed by atoms with Crippen molar-refractivity contribution in [3.63, 3.8) is 0 Å². The van der Waals surface area contributed by atoms with Crippen LogP contribution >= 0.6 is 0 Å². The SMILES string of the molecule is C[SiH](C)C1(N)CCCCO1. The molecule has 0 radical (unpaired) electrons. The molecule has 0 aromatic heterocycles. The third-order valence-corrected chi connectivity index (χ3v) is 4.72. The Bertz CT molecular complexity index is 110. The van der Waals surface area contributed by atoms with Crippen LogP contribution in [0.3, 0.4) is 0 Å². The average Bonchev–Trinajstić information content (AvgIpc) is 1.89. The molecule has 1 atom stereocenters. The van der Waals surface area contributed by atoms with Crippen LogP contribution in [-0.4, -0.2) is 20.8 Å². The van der Waals surface area contributed by atoms with Crippen molar-refractivity contribution in [1.29, 1.82) is 0 Å². The first kappa shape index (κ1) is 8.24. The average molecular weight is 159 g/mol. The summed E-state index contributed by atoms with van der Waals surface area (Å²) in [4.78, 5) is 0. The van der Waals surface area contributed by atoms with Crippen LogP contribution in [0, 0.1) is 0 Å². The summed E-state index contributed by atoms with van der Waals surface area (Å²) in [6.07, 6.45) is 3.53. The molecular weight excluding hydrogens is 142 g/mol. The summed E-state index contributed by atoms with van der Waals surface area (Å²) in [5.74, 6) is 0. The van der Waals surface area contributed by atoms with Gasteiger partial charge in [-0.15, -0.1) is 0 Å². The standard InChI is InChI=1S/C7H17NOSi/c1-10(2)7(8)5-3-4-6-9-7/h10H,3-6,8H2,1-2H3. The highest BCUT2D eigenvalue weighted by Gasteiger charge is 2.32. The predicted molar refractivity (Wildman–Crippen MR) is 45.6 cm³/mol. The van der Waals surface area contributed by atoms with E-state index in [1.165, 1.54) is 12.8 Å². The molecule has 1 heterocycles. The number of hydrogen-bond donors (Lipinski definition) is 1. The molecule has 0 bridgehead atoms. The molecule has 1 aliphatic rings. The Balaban J connectivity index is 2.48. The largest absolute Gasteiger partial charge is 0.365 e. The lowest BCUT2D eigenvalue weighted by molar-refractivity contribution is -0.0181. The van der Waals surface area contributed by atoms with Gasteiger partial charge in [-0.25, -0.2) is 0 Å². The second-order valence-corrected chi connectivity index (χ2v) is 6.70. The maximum atomic E-state index is 6.04. The second-order valence-electron chi connectivity index (χ2n) is 3.42. The number of nitrogens with two attached hydrogens (primary N) is 1. The fourth-order valence-electron chi connectivity index (χ4n) is 1.29. The van der Waals surface area contributed by atoms with Gasteiger partial charge >= 0.3 is 0 Å². The van der Waals surface area contributed by atoms with Crippen LogP contribution < -0.4 is 5.73 Å². The van der Waals surface area contributed by atoms with Gasteiger partial charge in [-0.3, -0.25) is 0 Å². The van der Waals surface area contributed by atoms with Crippen LogP contribution in [-0.2, 0) is 4.74 Å². The van der Waals surface area contributed by atoms with Gasteiger partial charge in [0, 0.05) is 6.61 Å². The van der Waals surface area contributed by atoms with E-state index in [9.17, 15) is 0 Å². The zero-order chi connectivity index (χ0) is 7.61. The fourth-order valence-corrected chi connectivity index (χ4v) is 2.53.